The van der Waals surface area contributed by atoms with E-state index in [4.69, 9.17) is 10.3 Å². The van der Waals surface area contributed by atoms with Crippen molar-refractivity contribution in [1.29, 1.82) is 0 Å². The smallest absolute Gasteiger partial charge is 0.273 e. The minimum Gasteiger partial charge on any atom is -0.360 e. The molecule has 1 aromatic heterocycles. The van der Waals surface area contributed by atoms with Crippen LogP contribution in [0.5, 0.6) is 0 Å². The van der Waals surface area contributed by atoms with Crippen molar-refractivity contribution in [3.05, 3.63) is 17.5 Å². The molecule has 0 unspecified atom stereocenters. The van der Waals surface area contributed by atoms with Gasteiger partial charge in [0.05, 0.1) is 6.04 Å². The fourth-order valence-electron chi connectivity index (χ4n) is 2.77. The zero-order chi connectivity index (χ0) is 15.7. The molecule has 2 aliphatic rings. The van der Waals surface area contributed by atoms with Gasteiger partial charge in [-0.1, -0.05) is 5.16 Å². The highest BCUT2D eigenvalue weighted by molar-refractivity contribution is 5.92. The topological polar surface area (TPSA) is 101 Å². The molecule has 7 nitrogen and oxygen atoms in total. The molecule has 2 heterocycles. The number of carbonyl (C=O) groups is 2. The highest BCUT2D eigenvalue weighted by Crippen LogP contribution is 2.40. The van der Waals surface area contributed by atoms with Crippen molar-refractivity contribution in [1.82, 2.24) is 15.4 Å². The molecule has 2 atom stereocenters. The number of nitrogens with one attached hydrogen (secondary N) is 1. The van der Waals surface area contributed by atoms with E-state index in [1.165, 1.54) is 0 Å². The summed E-state index contributed by atoms with van der Waals surface area (Å²) in [5, 5.41) is 6.69. The Balaban J connectivity index is 1.46. The highest BCUT2D eigenvalue weighted by Gasteiger charge is 2.30. The van der Waals surface area contributed by atoms with Crippen molar-refractivity contribution in [2.45, 2.75) is 38.1 Å². The summed E-state index contributed by atoms with van der Waals surface area (Å²) in [5.41, 5.74) is 5.95. The lowest BCUT2D eigenvalue weighted by Crippen LogP contribution is -2.41. The number of hydrogen-bond donors (Lipinski definition) is 2. The maximum Gasteiger partial charge on any atom is 0.273 e. The maximum atomic E-state index is 12.0. The van der Waals surface area contributed by atoms with Crippen molar-refractivity contribution in [3.8, 4) is 0 Å². The number of nitrogens with two attached hydrogens (primary N) is 1. The first-order valence-electron chi connectivity index (χ1n) is 7.83. The van der Waals surface area contributed by atoms with Crippen LogP contribution in [0, 0.1) is 5.92 Å². The van der Waals surface area contributed by atoms with Gasteiger partial charge in [-0.05, 0) is 32.1 Å². The molecule has 120 valence electrons. The van der Waals surface area contributed by atoms with E-state index in [2.05, 4.69) is 10.5 Å². The van der Waals surface area contributed by atoms with Gasteiger partial charge in [-0.2, -0.15) is 0 Å². The van der Waals surface area contributed by atoms with Gasteiger partial charge < -0.3 is 20.5 Å². The van der Waals surface area contributed by atoms with Crippen LogP contribution in [-0.2, 0) is 4.79 Å². The number of rotatable bonds is 5. The number of hydrogen-bond acceptors (Lipinski definition) is 5. The van der Waals surface area contributed by atoms with Crippen molar-refractivity contribution < 1.29 is 14.1 Å². The van der Waals surface area contributed by atoms with Gasteiger partial charge in [-0.3, -0.25) is 9.59 Å². The molecular formula is C15H22N4O3. The second kappa shape index (κ2) is 6.08. The number of nitrogens with zero attached hydrogens (tertiary/aromatic N) is 2. The standard InChI is InChI=1S/C15H22N4O3/c1-9(16)15(21)19-5-4-10(8-19)7-17-14(20)12-6-13(22-18-12)11-2-3-11/h6,9-11H,2-5,7-8,16H2,1H3,(H,17,20)/t9-,10-/m0/s1. The molecule has 3 rings (SSSR count). The van der Waals surface area contributed by atoms with E-state index in [1.54, 1.807) is 17.9 Å². The molecule has 2 amide bonds. The zero-order valence-electron chi connectivity index (χ0n) is 12.7. The molecule has 1 aliphatic heterocycles. The summed E-state index contributed by atoms with van der Waals surface area (Å²) in [6.07, 6.45) is 3.11. The molecule has 1 aliphatic carbocycles. The van der Waals surface area contributed by atoms with Crippen molar-refractivity contribution in [2.24, 2.45) is 11.7 Å². The van der Waals surface area contributed by atoms with E-state index < -0.39 is 6.04 Å². The van der Waals surface area contributed by atoms with Gasteiger partial charge in [0.25, 0.3) is 5.91 Å². The molecule has 0 radical (unpaired) electrons. The number of aromatic nitrogens is 1. The summed E-state index contributed by atoms with van der Waals surface area (Å²) in [6.45, 7) is 3.58. The van der Waals surface area contributed by atoms with E-state index in [9.17, 15) is 9.59 Å². The van der Waals surface area contributed by atoms with E-state index in [0.29, 0.717) is 31.2 Å². The Morgan fingerprint density at radius 1 is 1.50 bits per heavy atom. The second-order valence-electron chi connectivity index (χ2n) is 6.33. The molecular weight excluding hydrogens is 284 g/mol. The molecule has 1 saturated carbocycles. The Bertz CT molecular complexity index is 565. The first-order valence-corrected chi connectivity index (χ1v) is 7.83. The number of likely N-dealkylation sites (tertiary alicyclic amines) is 1. The Morgan fingerprint density at radius 2 is 2.27 bits per heavy atom. The molecule has 2 fully saturated rings. The monoisotopic (exact) mass is 306 g/mol. The largest absolute Gasteiger partial charge is 0.360 e. The molecule has 0 bridgehead atoms. The van der Waals surface area contributed by atoms with Gasteiger partial charge in [0.1, 0.15) is 5.76 Å². The van der Waals surface area contributed by atoms with Crippen LogP contribution < -0.4 is 11.1 Å². The van der Waals surface area contributed by atoms with Crippen molar-refractivity contribution in [2.75, 3.05) is 19.6 Å². The average molecular weight is 306 g/mol. The van der Waals surface area contributed by atoms with Gasteiger partial charge in [-0.15, -0.1) is 0 Å². The van der Waals surface area contributed by atoms with E-state index in [1.807, 2.05) is 0 Å². The lowest BCUT2D eigenvalue weighted by molar-refractivity contribution is -0.131. The summed E-state index contributed by atoms with van der Waals surface area (Å²) in [7, 11) is 0. The quantitative estimate of drug-likeness (QED) is 0.824. The third-order valence-electron chi connectivity index (χ3n) is 4.28. The van der Waals surface area contributed by atoms with Crippen LogP contribution in [0.25, 0.3) is 0 Å². The Morgan fingerprint density at radius 3 is 2.95 bits per heavy atom. The van der Waals surface area contributed by atoms with Crippen LogP contribution in [0.4, 0.5) is 0 Å². The van der Waals surface area contributed by atoms with Crippen LogP contribution in [0.3, 0.4) is 0 Å². The molecule has 7 heteroatoms. The SMILES string of the molecule is C[C@H](N)C(=O)N1CC[C@@H](CNC(=O)c2cc(C3CC3)on2)C1. The van der Waals surface area contributed by atoms with Gasteiger partial charge in [0.15, 0.2) is 5.69 Å². The van der Waals surface area contributed by atoms with Gasteiger partial charge in [0.2, 0.25) is 5.91 Å². The number of carbonyl (C=O) groups excluding carboxylic acids is 2. The fraction of sp³-hybridized carbons (Fsp3) is 0.667. The molecule has 0 spiro atoms. The minimum atomic E-state index is -0.468. The normalized spacial score (nSPS) is 22.6. The van der Waals surface area contributed by atoms with Crippen molar-refractivity contribution >= 4 is 11.8 Å². The summed E-state index contributed by atoms with van der Waals surface area (Å²) in [4.78, 5) is 25.6. The van der Waals surface area contributed by atoms with E-state index in [-0.39, 0.29) is 17.7 Å². The van der Waals surface area contributed by atoms with Gasteiger partial charge in [0, 0.05) is 31.6 Å². The third kappa shape index (κ3) is 3.30. The van der Waals surface area contributed by atoms with Crippen LogP contribution in [0.2, 0.25) is 0 Å². The highest BCUT2D eigenvalue weighted by atomic mass is 16.5. The average Bonchev–Trinajstić information content (AvgIpc) is 3.04. The third-order valence-corrected chi connectivity index (χ3v) is 4.28. The maximum absolute atomic E-state index is 12.0. The lowest BCUT2D eigenvalue weighted by atomic mass is 10.1. The lowest BCUT2D eigenvalue weighted by Gasteiger charge is -2.18. The zero-order valence-corrected chi connectivity index (χ0v) is 12.7. The van der Waals surface area contributed by atoms with Crippen LogP contribution in [0.1, 0.15) is 48.4 Å². The second-order valence-corrected chi connectivity index (χ2v) is 6.33. The predicted octanol–water partition coefficient (Wildman–Crippen LogP) is 0.478. The molecule has 0 aromatic carbocycles. The van der Waals surface area contributed by atoms with Gasteiger partial charge >= 0.3 is 0 Å². The van der Waals surface area contributed by atoms with Crippen molar-refractivity contribution in [3.63, 3.8) is 0 Å². The minimum absolute atomic E-state index is 0.0283. The van der Waals surface area contributed by atoms with Crippen LogP contribution >= 0.6 is 0 Å². The van der Waals surface area contributed by atoms with E-state index in [0.717, 1.165) is 25.0 Å². The summed E-state index contributed by atoms with van der Waals surface area (Å²) < 4.78 is 5.18. The molecule has 3 N–H and O–H groups in total. The fourth-order valence-corrected chi connectivity index (χ4v) is 2.77. The van der Waals surface area contributed by atoms with Crippen LogP contribution in [0.15, 0.2) is 10.6 Å². The van der Waals surface area contributed by atoms with Crippen LogP contribution in [-0.4, -0.2) is 47.5 Å². The molecule has 1 saturated heterocycles. The number of amides is 2. The van der Waals surface area contributed by atoms with Gasteiger partial charge in [-0.25, -0.2) is 0 Å². The summed E-state index contributed by atoms with van der Waals surface area (Å²) >= 11 is 0. The first kappa shape index (κ1) is 15.0. The van der Waals surface area contributed by atoms with E-state index >= 15 is 0 Å². The Hall–Kier alpha value is -1.89. The summed E-state index contributed by atoms with van der Waals surface area (Å²) in [6, 6.07) is 1.26. The first-order chi connectivity index (χ1) is 10.5. The molecule has 1 aromatic rings. The predicted molar refractivity (Wildman–Crippen MR) is 79.1 cm³/mol. The Labute approximate surface area is 129 Å². The molecule has 22 heavy (non-hydrogen) atoms. The Kier molecular flexibility index (Phi) is 4.15. The summed E-state index contributed by atoms with van der Waals surface area (Å²) in [5.74, 6) is 1.27.